The molecule has 1 aliphatic rings. The van der Waals surface area contributed by atoms with E-state index in [9.17, 15) is 9.59 Å². The van der Waals surface area contributed by atoms with Gasteiger partial charge in [-0.15, -0.1) is 16.4 Å². The first kappa shape index (κ1) is 17.9. The van der Waals surface area contributed by atoms with Crippen molar-refractivity contribution >= 4 is 27.5 Å². The lowest BCUT2D eigenvalue weighted by Gasteiger charge is -2.32. The molecule has 1 saturated heterocycles. The molecule has 0 spiro atoms. The van der Waals surface area contributed by atoms with E-state index in [0.29, 0.717) is 29.7 Å². The van der Waals surface area contributed by atoms with E-state index in [1.165, 1.54) is 27.1 Å². The molecule has 4 rings (SSSR count). The summed E-state index contributed by atoms with van der Waals surface area (Å²) in [6.45, 7) is 3.39. The summed E-state index contributed by atoms with van der Waals surface area (Å²) in [6, 6.07) is 10.1. The van der Waals surface area contributed by atoms with Crippen LogP contribution in [-0.4, -0.2) is 38.9 Å². The monoisotopic (exact) mass is 382 g/mol. The number of rotatable bonds is 4. The second-order valence-corrected chi connectivity index (χ2v) is 7.99. The quantitative estimate of drug-likeness (QED) is 0.696. The maximum absolute atomic E-state index is 12.6. The van der Waals surface area contributed by atoms with Gasteiger partial charge in [-0.1, -0.05) is 35.0 Å². The number of thiophene rings is 1. The van der Waals surface area contributed by atoms with Crippen molar-refractivity contribution in [2.75, 3.05) is 13.1 Å². The lowest BCUT2D eigenvalue weighted by molar-refractivity contribution is -0.132. The minimum absolute atomic E-state index is 0.0114. The SMILES string of the molecule is Cc1cccc(CCC(=O)N2CCC(n3nnc4ccsc4c3=O)CC2)c1. The number of aromatic nitrogens is 3. The molecule has 0 atom stereocenters. The zero-order chi connectivity index (χ0) is 18.8. The maximum atomic E-state index is 12.6. The van der Waals surface area contributed by atoms with Gasteiger partial charge in [-0.3, -0.25) is 9.59 Å². The van der Waals surface area contributed by atoms with Gasteiger partial charge in [0.1, 0.15) is 10.2 Å². The third-order valence-electron chi connectivity index (χ3n) is 5.17. The highest BCUT2D eigenvalue weighted by atomic mass is 32.1. The van der Waals surface area contributed by atoms with Crippen molar-refractivity contribution in [3.63, 3.8) is 0 Å². The predicted octanol–water partition coefficient (Wildman–Crippen LogP) is 2.96. The third kappa shape index (κ3) is 3.78. The van der Waals surface area contributed by atoms with E-state index < -0.39 is 0 Å². The Balaban J connectivity index is 1.36. The summed E-state index contributed by atoms with van der Waals surface area (Å²) in [5.74, 6) is 0.182. The van der Waals surface area contributed by atoms with E-state index in [1.54, 1.807) is 0 Å². The summed E-state index contributed by atoms with van der Waals surface area (Å²) < 4.78 is 2.16. The maximum Gasteiger partial charge on any atom is 0.287 e. The van der Waals surface area contributed by atoms with Crippen molar-refractivity contribution in [3.8, 4) is 0 Å². The van der Waals surface area contributed by atoms with E-state index in [2.05, 4.69) is 35.4 Å². The fourth-order valence-corrected chi connectivity index (χ4v) is 4.42. The number of amides is 1. The Bertz CT molecular complexity index is 1020. The van der Waals surface area contributed by atoms with Crippen LogP contribution >= 0.6 is 11.3 Å². The molecule has 1 aromatic carbocycles. The normalized spacial score (nSPS) is 15.4. The number of aryl methyl sites for hydroxylation is 2. The molecule has 0 aliphatic carbocycles. The summed E-state index contributed by atoms with van der Waals surface area (Å²) in [5.41, 5.74) is 3.00. The van der Waals surface area contributed by atoms with Crippen LogP contribution in [0.1, 0.15) is 36.4 Å². The van der Waals surface area contributed by atoms with Crippen molar-refractivity contribution < 1.29 is 4.79 Å². The van der Waals surface area contributed by atoms with Crippen molar-refractivity contribution in [1.29, 1.82) is 0 Å². The molecule has 0 radical (unpaired) electrons. The molecule has 1 fully saturated rings. The lowest BCUT2D eigenvalue weighted by Crippen LogP contribution is -2.41. The van der Waals surface area contributed by atoms with Gasteiger partial charge in [0.05, 0.1) is 6.04 Å². The number of benzene rings is 1. The Labute approximate surface area is 161 Å². The number of carbonyl (C=O) groups excluding carboxylic acids is 1. The van der Waals surface area contributed by atoms with Gasteiger partial charge >= 0.3 is 0 Å². The Morgan fingerprint density at radius 2 is 2.07 bits per heavy atom. The highest BCUT2D eigenvalue weighted by Crippen LogP contribution is 2.22. The molecular formula is C20H22N4O2S. The number of likely N-dealkylation sites (tertiary alicyclic amines) is 1. The average Bonchev–Trinajstić information content (AvgIpc) is 3.16. The first-order chi connectivity index (χ1) is 13.1. The van der Waals surface area contributed by atoms with Crippen LogP contribution in [0.5, 0.6) is 0 Å². The Morgan fingerprint density at radius 1 is 1.26 bits per heavy atom. The molecule has 0 bridgehead atoms. The molecule has 2 aromatic heterocycles. The Hall–Kier alpha value is -2.54. The standard InChI is InChI=1S/C20H22N4O2S/c1-14-3-2-4-15(13-14)5-6-18(25)23-10-7-16(8-11-23)24-20(26)19-17(21-22-24)9-12-27-19/h2-4,9,12-13,16H,5-8,10-11H2,1H3. The first-order valence-corrected chi connectivity index (χ1v) is 10.2. The zero-order valence-corrected chi connectivity index (χ0v) is 16.1. The van der Waals surface area contributed by atoms with E-state index >= 15 is 0 Å². The molecule has 3 heterocycles. The van der Waals surface area contributed by atoms with Gasteiger partial charge in [0, 0.05) is 19.5 Å². The second-order valence-electron chi connectivity index (χ2n) is 7.08. The van der Waals surface area contributed by atoms with Crippen LogP contribution in [0, 0.1) is 6.92 Å². The van der Waals surface area contributed by atoms with Crippen molar-refractivity contribution in [2.24, 2.45) is 0 Å². The smallest absolute Gasteiger partial charge is 0.287 e. The molecule has 6 nitrogen and oxygen atoms in total. The molecular weight excluding hydrogens is 360 g/mol. The highest BCUT2D eigenvalue weighted by molar-refractivity contribution is 7.17. The second kappa shape index (κ2) is 7.60. The summed E-state index contributed by atoms with van der Waals surface area (Å²) >= 11 is 1.40. The fourth-order valence-electron chi connectivity index (χ4n) is 3.66. The van der Waals surface area contributed by atoms with Crippen molar-refractivity contribution in [3.05, 3.63) is 57.2 Å². The van der Waals surface area contributed by atoms with Gasteiger partial charge in [0.15, 0.2) is 0 Å². The van der Waals surface area contributed by atoms with E-state index in [-0.39, 0.29) is 17.5 Å². The summed E-state index contributed by atoms with van der Waals surface area (Å²) in [7, 11) is 0. The minimum Gasteiger partial charge on any atom is -0.343 e. The van der Waals surface area contributed by atoms with Gasteiger partial charge in [0.2, 0.25) is 5.91 Å². The van der Waals surface area contributed by atoms with Crippen LogP contribution in [0.15, 0.2) is 40.5 Å². The number of hydrogen-bond donors (Lipinski definition) is 0. The highest BCUT2D eigenvalue weighted by Gasteiger charge is 2.25. The third-order valence-corrected chi connectivity index (χ3v) is 6.06. The number of carbonyl (C=O) groups is 1. The molecule has 140 valence electrons. The largest absolute Gasteiger partial charge is 0.343 e. The van der Waals surface area contributed by atoms with Crippen LogP contribution in [0.3, 0.4) is 0 Å². The molecule has 3 aromatic rings. The molecule has 1 amide bonds. The zero-order valence-electron chi connectivity index (χ0n) is 15.3. The summed E-state index contributed by atoms with van der Waals surface area (Å²) in [4.78, 5) is 27.0. The summed E-state index contributed by atoms with van der Waals surface area (Å²) in [6.07, 6.45) is 2.76. The van der Waals surface area contributed by atoms with E-state index in [0.717, 1.165) is 19.3 Å². The number of hydrogen-bond acceptors (Lipinski definition) is 5. The molecule has 0 saturated carbocycles. The van der Waals surface area contributed by atoms with Crippen molar-refractivity contribution in [2.45, 2.75) is 38.6 Å². The fraction of sp³-hybridized carbons (Fsp3) is 0.400. The van der Waals surface area contributed by atoms with Gasteiger partial charge in [-0.2, -0.15) is 0 Å². The van der Waals surface area contributed by atoms with Crippen LogP contribution in [-0.2, 0) is 11.2 Å². The van der Waals surface area contributed by atoms with Crippen LogP contribution in [0.4, 0.5) is 0 Å². The first-order valence-electron chi connectivity index (χ1n) is 9.28. The Morgan fingerprint density at radius 3 is 2.85 bits per heavy atom. The van der Waals surface area contributed by atoms with E-state index in [1.807, 2.05) is 22.4 Å². The van der Waals surface area contributed by atoms with Gasteiger partial charge in [-0.05, 0) is 43.2 Å². The number of piperidine rings is 1. The predicted molar refractivity (Wildman–Crippen MR) is 106 cm³/mol. The Kier molecular flexibility index (Phi) is 5.03. The molecule has 0 unspecified atom stereocenters. The molecule has 1 aliphatic heterocycles. The van der Waals surface area contributed by atoms with Gasteiger partial charge in [0.25, 0.3) is 5.56 Å². The lowest BCUT2D eigenvalue weighted by atomic mass is 10.0. The van der Waals surface area contributed by atoms with E-state index in [4.69, 9.17) is 0 Å². The summed E-state index contributed by atoms with van der Waals surface area (Å²) in [5, 5.41) is 10.1. The number of fused-ring (bicyclic) bond motifs is 1. The van der Waals surface area contributed by atoms with Gasteiger partial charge in [-0.25, -0.2) is 4.68 Å². The molecule has 7 heteroatoms. The van der Waals surface area contributed by atoms with Crippen LogP contribution in [0.2, 0.25) is 0 Å². The van der Waals surface area contributed by atoms with Crippen molar-refractivity contribution in [1.82, 2.24) is 19.9 Å². The molecule has 27 heavy (non-hydrogen) atoms. The minimum atomic E-state index is -0.0702. The average molecular weight is 382 g/mol. The van der Waals surface area contributed by atoms with Crippen LogP contribution in [0.25, 0.3) is 10.2 Å². The molecule has 0 N–H and O–H groups in total. The number of nitrogens with zero attached hydrogens (tertiary/aromatic N) is 4. The van der Waals surface area contributed by atoms with Gasteiger partial charge < -0.3 is 4.90 Å². The van der Waals surface area contributed by atoms with Crippen LogP contribution < -0.4 is 5.56 Å². The topological polar surface area (TPSA) is 68.1 Å².